The molecule has 27 heavy (non-hydrogen) atoms. The van der Waals surface area contributed by atoms with E-state index < -0.39 is 0 Å². The molecule has 0 saturated heterocycles. The number of amides is 2. The van der Waals surface area contributed by atoms with Crippen molar-refractivity contribution in [3.05, 3.63) is 64.7 Å². The predicted octanol–water partition coefficient (Wildman–Crippen LogP) is 3.93. The normalized spacial score (nSPS) is 10.7. The van der Waals surface area contributed by atoms with Gasteiger partial charge in [0.1, 0.15) is 0 Å². The van der Waals surface area contributed by atoms with Crippen molar-refractivity contribution in [1.29, 1.82) is 0 Å². The highest BCUT2D eigenvalue weighted by Gasteiger charge is 2.20. The molecule has 144 valence electrons. The van der Waals surface area contributed by atoms with Gasteiger partial charge < -0.3 is 16.0 Å². The second-order valence-corrected chi connectivity index (χ2v) is 7.10. The van der Waals surface area contributed by atoms with Gasteiger partial charge in [-0.3, -0.25) is 9.59 Å². The Balaban J connectivity index is 2.26. The first-order valence-corrected chi connectivity index (χ1v) is 9.44. The Hall–Kier alpha value is -2.37. The largest absolute Gasteiger partial charge is 0.334 e. The molecular formula is C21H26ClN3O2. The van der Waals surface area contributed by atoms with E-state index in [2.05, 4.69) is 5.32 Å². The number of nitrogens with zero attached hydrogens (tertiary/aromatic N) is 1. The van der Waals surface area contributed by atoms with Gasteiger partial charge >= 0.3 is 0 Å². The molecule has 0 heterocycles. The number of carbonyl (C=O) groups is 2. The SMILES string of the molecule is CC(C)C(=O)Nc1ccc(Cl)c(C(=O)N(CCCN)Cc2ccccc2)c1. The van der Waals surface area contributed by atoms with Crippen LogP contribution in [-0.4, -0.2) is 29.8 Å². The molecule has 0 spiro atoms. The number of nitrogens with two attached hydrogens (primary N) is 1. The van der Waals surface area contributed by atoms with Gasteiger partial charge in [-0.05, 0) is 36.7 Å². The second-order valence-electron chi connectivity index (χ2n) is 6.69. The zero-order valence-corrected chi connectivity index (χ0v) is 16.5. The number of nitrogens with one attached hydrogen (secondary N) is 1. The average Bonchev–Trinajstić information content (AvgIpc) is 2.66. The van der Waals surface area contributed by atoms with Crippen molar-refractivity contribution in [1.82, 2.24) is 4.90 Å². The first-order chi connectivity index (χ1) is 12.9. The molecule has 0 unspecified atom stereocenters. The third-order valence-electron chi connectivity index (χ3n) is 4.12. The van der Waals surface area contributed by atoms with E-state index in [1.165, 1.54) is 0 Å². The quantitative estimate of drug-likeness (QED) is 0.720. The number of rotatable bonds is 8. The Morgan fingerprint density at radius 1 is 1.15 bits per heavy atom. The summed E-state index contributed by atoms with van der Waals surface area (Å²) in [5.74, 6) is -0.447. The van der Waals surface area contributed by atoms with Gasteiger partial charge in [-0.25, -0.2) is 0 Å². The van der Waals surface area contributed by atoms with E-state index in [9.17, 15) is 9.59 Å². The first-order valence-electron chi connectivity index (χ1n) is 9.06. The minimum absolute atomic E-state index is 0.111. The van der Waals surface area contributed by atoms with Gasteiger partial charge in [0.15, 0.2) is 0 Å². The van der Waals surface area contributed by atoms with E-state index in [1.807, 2.05) is 44.2 Å². The van der Waals surface area contributed by atoms with Crippen molar-refractivity contribution < 1.29 is 9.59 Å². The molecule has 0 aliphatic heterocycles. The standard InChI is InChI=1S/C21H26ClN3O2/c1-15(2)20(26)24-17-9-10-19(22)18(13-17)21(27)25(12-6-11-23)14-16-7-4-3-5-8-16/h3-5,7-10,13,15H,6,11-12,14,23H2,1-2H3,(H,24,26). The predicted molar refractivity (Wildman–Crippen MR) is 110 cm³/mol. The molecule has 0 atom stereocenters. The van der Waals surface area contributed by atoms with E-state index >= 15 is 0 Å². The number of anilines is 1. The zero-order valence-electron chi connectivity index (χ0n) is 15.7. The maximum atomic E-state index is 13.1. The summed E-state index contributed by atoms with van der Waals surface area (Å²) >= 11 is 6.29. The summed E-state index contributed by atoms with van der Waals surface area (Å²) in [6, 6.07) is 14.7. The van der Waals surface area contributed by atoms with Gasteiger partial charge in [-0.2, -0.15) is 0 Å². The van der Waals surface area contributed by atoms with E-state index in [0.29, 0.717) is 42.3 Å². The lowest BCUT2D eigenvalue weighted by Crippen LogP contribution is -2.33. The third kappa shape index (κ3) is 6.08. The van der Waals surface area contributed by atoms with Crippen molar-refractivity contribution in [3.63, 3.8) is 0 Å². The fourth-order valence-electron chi connectivity index (χ4n) is 2.56. The van der Waals surface area contributed by atoms with Gasteiger partial charge in [0, 0.05) is 24.7 Å². The summed E-state index contributed by atoms with van der Waals surface area (Å²) in [5, 5.41) is 3.16. The molecular weight excluding hydrogens is 362 g/mol. The summed E-state index contributed by atoms with van der Waals surface area (Å²) in [7, 11) is 0. The molecule has 0 bridgehead atoms. The van der Waals surface area contributed by atoms with Crippen LogP contribution in [0.5, 0.6) is 0 Å². The fraction of sp³-hybridized carbons (Fsp3) is 0.333. The number of carbonyl (C=O) groups excluding carboxylic acids is 2. The number of halogens is 1. The molecule has 0 radical (unpaired) electrons. The van der Waals surface area contributed by atoms with E-state index in [1.54, 1.807) is 23.1 Å². The lowest BCUT2D eigenvalue weighted by Gasteiger charge is -2.23. The lowest BCUT2D eigenvalue weighted by atomic mass is 10.1. The van der Waals surface area contributed by atoms with Crippen LogP contribution in [0.2, 0.25) is 5.02 Å². The van der Waals surface area contributed by atoms with Crippen molar-refractivity contribution in [2.75, 3.05) is 18.4 Å². The Labute approximate surface area is 165 Å². The molecule has 0 saturated carbocycles. The van der Waals surface area contributed by atoms with E-state index in [4.69, 9.17) is 17.3 Å². The maximum Gasteiger partial charge on any atom is 0.255 e. The van der Waals surface area contributed by atoms with Gasteiger partial charge in [0.2, 0.25) is 5.91 Å². The molecule has 0 aliphatic carbocycles. The zero-order chi connectivity index (χ0) is 19.8. The third-order valence-corrected chi connectivity index (χ3v) is 4.45. The summed E-state index contributed by atoms with van der Waals surface area (Å²) in [6.45, 7) is 5.12. The van der Waals surface area contributed by atoms with Crippen LogP contribution in [0.25, 0.3) is 0 Å². The van der Waals surface area contributed by atoms with Crippen molar-refractivity contribution >= 4 is 29.1 Å². The summed E-state index contributed by atoms with van der Waals surface area (Å²) in [4.78, 5) is 26.8. The maximum absolute atomic E-state index is 13.1. The molecule has 6 heteroatoms. The molecule has 5 nitrogen and oxygen atoms in total. The van der Waals surface area contributed by atoms with Gasteiger partial charge in [-0.1, -0.05) is 55.8 Å². The number of benzene rings is 2. The molecule has 0 fully saturated rings. The van der Waals surface area contributed by atoms with Gasteiger partial charge in [0.05, 0.1) is 10.6 Å². The minimum atomic E-state index is -0.182. The van der Waals surface area contributed by atoms with Crippen LogP contribution in [0.4, 0.5) is 5.69 Å². The van der Waals surface area contributed by atoms with Crippen LogP contribution in [0.15, 0.2) is 48.5 Å². The van der Waals surface area contributed by atoms with Crippen molar-refractivity contribution in [3.8, 4) is 0 Å². The summed E-state index contributed by atoms with van der Waals surface area (Å²) < 4.78 is 0. The van der Waals surface area contributed by atoms with Crippen LogP contribution in [0.3, 0.4) is 0 Å². The van der Waals surface area contributed by atoms with Crippen LogP contribution >= 0.6 is 11.6 Å². The Morgan fingerprint density at radius 2 is 1.85 bits per heavy atom. The topological polar surface area (TPSA) is 75.4 Å². The Morgan fingerprint density at radius 3 is 2.48 bits per heavy atom. The molecule has 2 rings (SSSR count). The van der Waals surface area contributed by atoms with Crippen LogP contribution in [-0.2, 0) is 11.3 Å². The van der Waals surface area contributed by atoms with Gasteiger partial charge in [-0.15, -0.1) is 0 Å². The molecule has 2 aromatic rings. The second kappa shape index (κ2) is 10.1. The Bertz CT molecular complexity index is 778. The highest BCUT2D eigenvalue weighted by Crippen LogP contribution is 2.23. The minimum Gasteiger partial charge on any atom is -0.334 e. The first kappa shape index (κ1) is 20.9. The fourth-order valence-corrected chi connectivity index (χ4v) is 2.76. The average molecular weight is 388 g/mol. The number of hydrogen-bond acceptors (Lipinski definition) is 3. The highest BCUT2D eigenvalue weighted by molar-refractivity contribution is 6.34. The van der Waals surface area contributed by atoms with Crippen LogP contribution in [0.1, 0.15) is 36.2 Å². The summed E-state index contributed by atoms with van der Waals surface area (Å²) in [5.41, 5.74) is 7.59. The lowest BCUT2D eigenvalue weighted by molar-refractivity contribution is -0.118. The van der Waals surface area contributed by atoms with Crippen molar-refractivity contribution in [2.24, 2.45) is 11.7 Å². The molecule has 0 aliphatic rings. The van der Waals surface area contributed by atoms with Crippen molar-refractivity contribution in [2.45, 2.75) is 26.8 Å². The molecule has 0 aromatic heterocycles. The highest BCUT2D eigenvalue weighted by atomic mass is 35.5. The molecule has 2 amide bonds. The smallest absolute Gasteiger partial charge is 0.255 e. The van der Waals surface area contributed by atoms with Gasteiger partial charge in [0.25, 0.3) is 5.91 Å². The van der Waals surface area contributed by atoms with Crippen LogP contribution in [0, 0.1) is 5.92 Å². The summed E-state index contributed by atoms with van der Waals surface area (Å²) in [6.07, 6.45) is 0.694. The van der Waals surface area contributed by atoms with Crippen LogP contribution < -0.4 is 11.1 Å². The molecule has 2 aromatic carbocycles. The van der Waals surface area contributed by atoms with E-state index in [0.717, 1.165) is 5.56 Å². The monoisotopic (exact) mass is 387 g/mol. The van der Waals surface area contributed by atoms with E-state index in [-0.39, 0.29) is 17.7 Å². The Kier molecular flexibility index (Phi) is 7.82. The number of hydrogen-bond donors (Lipinski definition) is 2. The molecule has 3 N–H and O–H groups in total.